The molecule has 0 aliphatic heterocycles. The van der Waals surface area contributed by atoms with Gasteiger partial charge in [-0.1, -0.05) is 6.08 Å². The Bertz CT molecular complexity index is 206. The maximum Gasteiger partial charge on any atom is 0.328 e. The molecule has 0 aliphatic rings. The Balaban J connectivity index is 3.60. The molecule has 0 bridgehead atoms. The summed E-state index contributed by atoms with van der Waals surface area (Å²) in [5.74, 6) is -1.21. The number of hydrogen-bond donors (Lipinski definition) is 2. The average Bonchev–Trinajstić information content (AvgIpc) is 1.85. The molecule has 2 N–H and O–H groups in total. The van der Waals surface area contributed by atoms with Crippen molar-refractivity contribution < 1.29 is 14.7 Å². The topological polar surface area (TPSA) is 66.4 Å². The van der Waals surface area contributed by atoms with E-state index in [1.165, 1.54) is 25.3 Å². The van der Waals surface area contributed by atoms with Crippen LogP contribution in [0.2, 0.25) is 0 Å². The van der Waals surface area contributed by atoms with Crippen LogP contribution < -0.4 is 5.32 Å². The van der Waals surface area contributed by atoms with E-state index in [9.17, 15) is 9.59 Å². The van der Waals surface area contributed by atoms with E-state index in [2.05, 4.69) is 5.32 Å². The van der Waals surface area contributed by atoms with Gasteiger partial charge >= 0.3 is 5.97 Å². The maximum absolute atomic E-state index is 10.2. The van der Waals surface area contributed by atoms with Crippen LogP contribution in [-0.4, -0.2) is 17.0 Å². The Kier molecular flexibility index (Phi) is 4.47. The Morgan fingerprint density at radius 1 is 1.36 bits per heavy atom. The summed E-state index contributed by atoms with van der Waals surface area (Å²) in [6, 6.07) is 0. The van der Waals surface area contributed by atoms with Crippen molar-refractivity contribution in [2.75, 3.05) is 0 Å². The summed E-state index contributed by atoms with van der Waals surface area (Å²) < 4.78 is 0. The summed E-state index contributed by atoms with van der Waals surface area (Å²) in [6.07, 6.45) is 5.08. The zero-order valence-corrected chi connectivity index (χ0v) is 6.07. The lowest BCUT2D eigenvalue weighted by Gasteiger charge is -1.86. The molecule has 0 radical (unpaired) electrons. The van der Waals surface area contributed by atoms with Gasteiger partial charge in [-0.2, -0.15) is 0 Å². The van der Waals surface area contributed by atoms with Crippen molar-refractivity contribution in [1.82, 2.24) is 5.32 Å². The van der Waals surface area contributed by atoms with Gasteiger partial charge in [0.05, 0.1) is 0 Å². The lowest BCUT2D eigenvalue weighted by Crippen LogP contribution is -2.10. The van der Waals surface area contributed by atoms with Crippen LogP contribution in [0.25, 0.3) is 0 Å². The number of hydrogen-bond acceptors (Lipinski definition) is 2. The zero-order valence-electron chi connectivity index (χ0n) is 6.07. The van der Waals surface area contributed by atoms with Crippen molar-refractivity contribution in [3.63, 3.8) is 0 Å². The molecule has 4 heteroatoms. The molecule has 0 rings (SSSR count). The summed E-state index contributed by atoms with van der Waals surface area (Å²) in [7, 11) is 0. The Hall–Kier alpha value is -1.58. The van der Waals surface area contributed by atoms with E-state index in [0.29, 0.717) is 0 Å². The Labute approximate surface area is 64.2 Å². The molecule has 0 spiro atoms. The fourth-order valence-electron chi connectivity index (χ4n) is 0.359. The van der Waals surface area contributed by atoms with Crippen LogP contribution in [0.1, 0.15) is 6.92 Å². The molecule has 0 fully saturated rings. The van der Waals surface area contributed by atoms with Gasteiger partial charge in [0, 0.05) is 19.2 Å². The van der Waals surface area contributed by atoms with Gasteiger partial charge in [0.2, 0.25) is 5.91 Å². The average molecular weight is 155 g/mol. The van der Waals surface area contributed by atoms with E-state index in [1.807, 2.05) is 0 Å². The second-order valence-corrected chi connectivity index (χ2v) is 1.76. The number of carbonyl (C=O) groups excluding carboxylic acids is 1. The SMILES string of the molecule is CC(=O)N/C=C/C=C\C(=O)O. The third kappa shape index (κ3) is 8.42. The smallest absolute Gasteiger partial charge is 0.328 e. The van der Waals surface area contributed by atoms with Crippen LogP contribution in [0.5, 0.6) is 0 Å². The fourth-order valence-corrected chi connectivity index (χ4v) is 0.359. The molecular weight excluding hydrogens is 146 g/mol. The van der Waals surface area contributed by atoms with Crippen molar-refractivity contribution in [2.24, 2.45) is 0 Å². The van der Waals surface area contributed by atoms with E-state index in [-0.39, 0.29) is 5.91 Å². The van der Waals surface area contributed by atoms with Crippen molar-refractivity contribution in [3.05, 3.63) is 24.4 Å². The largest absolute Gasteiger partial charge is 0.478 e. The molecule has 0 saturated heterocycles. The highest BCUT2D eigenvalue weighted by molar-refractivity contribution is 5.80. The predicted molar refractivity (Wildman–Crippen MR) is 39.7 cm³/mol. The minimum atomic E-state index is -1.02. The van der Waals surface area contributed by atoms with E-state index >= 15 is 0 Å². The van der Waals surface area contributed by atoms with Crippen LogP contribution in [-0.2, 0) is 9.59 Å². The van der Waals surface area contributed by atoms with Gasteiger partial charge in [0.25, 0.3) is 0 Å². The van der Waals surface area contributed by atoms with Crippen molar-refractivity contribution >= 4 is 11.9 Å². The zero-order chi connectivity index (χ0) is 8.69. The van der Waals surface area contributed by atoms with Crippen molar-refractivity contribution in [1.29, 1.82) is 0 Å². The number of rotatable bonds is 3. The van der Waals surface area contributed by atoms with Crippen LogP contribution in [0.4, 0.5) is 0 Å². The van der Waals surface area contributed by atoms with Crippen molar-refractivity contribution in [2.45, 2.75) is 6.92 Å². The number of amides is 1. The number of carbonyl (C=O) groups is 2. The first-order chi connectivity index (χ1) is 5.13. The van der Waals surface area contributed by atoms with E-state index < -0.39 is 5.97 Å². The minimum Gasteiger partial charge on any atom is -0.478 e. The van der Waals surface area contributed by atoms with E-state index in [4.69, 9.17) is 5.11 Å². The molecule has 0 unspecified atom stereocenters. The molecule has 0 saturated carbocycles. The molecule has 0 aliphatic carbocycles. The summed E-state index contributed by atoms with van der Waals surface area (Å²) in [5, 5.41) is 10.5. The van der Waals surface area contributed by atoms with Gasteiger partial charge in [0.1, 0.15) is 0 Å². The monoisotopic (exact) mass is 155 g/mol. The number of carboxylic acid groups (broad SMARTS) is 1. The maximum atomic E-state index is 10.2. The lowest BCUT2D eigenvalue weighted by molar-refractivity contribution is -0.131. The second-order valence-electron chi connectivity index (χ2n) is 1.76. The molecule has 0 aromatic heterocycles. The van der Waals surface area contributed by atoms with Crippen LogP contribution in [0.15, 0.2) is 24.4 Å². The molecule has 1 amide bonds. The quantitative estimate of drug-likeness (QED) is 0.454. The second kappa shape index (κ2) is 5.22. The molecule has 0 aromatic carbocycles. The van der Waals surface area contributed by atoms with E-state index in [0.717, 1.165) is 6.08 Å². The van der Waals surface area contributed by atoms with Gasteiger partial charge < -0.3 is 10.4 Å². The first-order valence-electron chi connectivity index (χ1n) is 2.96. The first-order valence-corrected chi connectivity index (χ1v) is 2.96. The molecule has 11 heavy (non-hydrogen) atoms. The number of nitrogens with one attached hydrogen (secondary N) is 1. The number of allylic oxidation sites excluding steroid dienone is 2. The molecular formula is C7H9NO3. The number of aliphatic carboxylic acids is 1. The van der Waals surface area contributed by atoms with Gasteiger partial charge in [-0.15, -0.1) is 0 Å². The van der Waals surface area contributed by atoms with Crippen molar-refractivity contribution in [3.8, 4) is 0 Å². The summed E-state index contributed by atoms with van der Waals surface area (Å²) >= 11 is 0. The first kappa shape index (κ1) is 9.42. The fraction of sp³-hybridized carbons (Fsp3) is 0.143. The molecule has 0 heterocycles. The summed E-state index contributed by atoms with van der Waals surface area (Å²) in [5.41, 5.74) is 0. The van der Waals surface area contributed by atoms with Gasteiger partial charge in [-0.3, -0.25) is 4.79 Å². The standard InChI is InChI=1S/C7H9NO3/c1-6(9)8-5-3-2-4-7(10)11/h2-5H,1H3,(H,8,9)(H,10,11)/b4-2-,5-3+. The van der Waals surface area contributed by atoms with Gasteiger partial charge in [0.15, 0.2) is 0 Å². The normalized spacial score (nSPS) is 10.6. The minimum absolute atomic E-state index is 0.190. The van der Waals surface area contributed by atoms with Crippen LogP contribution in [0.3, 0.4) is 0 Å². The molecule has 4 nitrogen and oxygen atoms in total. The molecule has 0 atom stereocenters. The summed E-state index contributed by atoms with van der Waals surface area (Å²) in [6.45, 7) is 1.37. The van der Waals surface area contributed by atoms with Gasteiger partial charge in [-0.25, -0.2) is 4.79 Å². The summed E-state index contributed by atoms with van der Waals surface area (Å²) in [4.78, 5) is 20.1. The third-order valence-electron chi connectivity index (χ3n) is 0.733. The van der Waals surface area contributed by atoms with Crippen LogP contribution in [0, 0.1) is 0 Å². The predicted octanol–water partition coefficient (Wildman–Crippen LogP) is 0.277. The number of carboxylic acids is 1. The lowest BCUT2D eigenvalue weighted by atomic mass is 10.5. The van der Waals surface area contributed by atoms with Gasteiger partial charge in [-0.05, 0) is 6.08 Å². The highest BCUT2D eigenvalue weighted by Gasteiger charge is 1.81. The molecule has 0 aromatic rings. The Morgan fingerprint density at radius 2 is 2.00 bits per heavy atom. The molecule has 60 valence electrons. The van der Waals surface area contributed by atoms with E-state index in [1.54, 1.807) is 0 Å². The highest BCUT2D eigenvalue weighted by atomic mass is 16.4. The highest BCUT2D eigenvalue weighted by Crippen LogP contribution is 1.74. The third-order valence-corrected chi connectivity index (χ3v) is 0.733. The van der Waals surface area contributed by atoms with Crippen LogP contribution >= 0.6 is 0 Å². The Morgan fingerprint density at radius 3 is 2.45 bits per heavy atom.